The van der Waals surface area contributed by atoms with Gasteiger partial charge in [-0.3, -0.25) is 4.99 Å². The molecule has 0 spiro atoms. The molecule has 0 aliphatic carbocycles. The Morgan fingerprint density at radius 3 is 2.89 bits per heavy atom. The summed E-state index contributed by atoms with van der Waals surface area (Å²) in [6.07, 6.45) is 8.60. The normalized spacial score (nSPS) is 15.5. The summed E-state index contributed by atoms with van der Waals surface area (Å²) < 4.78 is 7.56. The Morgan fingerprint density at radius 2 is 2.18 bits per heavy atom. The Labute approximate surface area is 185 Å². The Kier molecular flexibility index (Phi) is 9.50. The number of guanidine groups is 1. The number of aliphatic imine (C=N–C) groups is 1. The summed E-state index contributed by atoms with van der Waals surface area (Å²) in [5.74, 6) is 1.77. The summed E-state index contributed by atoms with van der Waals surface area (Å²) in [4.78, 5) is 11.8. The molecular weight excluding hydrogens is 465 g/mol. The molecule has 28 heavy (non-hydrogen) atoms. The zero-order valence-electron chi connectivity index (χ0n) is 17.4. The number of aromatic nitrogens is 2. The number of fused-ring (bicyclic) bond motifs is 1. The molecular formula is C21H34IN5O. The fraction of sp³-hybridized carbons (Fsp3) is 0.619. The lowest BCUT2D eigenvalue weighted by atomic mass is 9.96. The van der Waals surface area contributed by atoms with Gasteiger partial charge in [-0.1, -0.05) is 6.07 Å². The summed E-state index contributed by atoms with van der Waals surface area (Å²) >= 11 is 0. The molecule has 2 aromatic rings. The van der Waals surface area contributed by atoms with Crippen LogP contribution in [-0.2, 0) is 11.2 Å². The molecule has 3 heterocycles. The lowest BCUT2D eigenvalue weighted by Crippen LogP contribution is -2.40. The second-order valence-corrected chi connectivity index (χ2v) is 7.41. The molecule has 0 radical (unpaired) electrons. The number of nitrogens with zero attached hydrogens (tertiary/aromatic N) is 4. The van der Waals surface area contributed by atoms with Crippen LogP contribution in [0.15, 0.2) is 29.5 Å². The molecule has 0 bridgehead atoms. The van der Waals surface area contributed by atoms with Gasteiger partial charge in [0.15, 0.2) is 5.96 Å². The van der Waals surface area contributed by atoms with Gasteiger partial charge in [0.1, 0.15) is 5.65 Å². The SMILES string of the molecule is CCNC(=NCCc1cn2cccc(C)c2n1)N(C)CCC1CCOCC1.I. The predicted molar refractivity (Wildman–Crippen MR) is 126 cm³/mol. The molecule has 6 nitrogen and oxygen atoms in total. The molecule has 3 rings (SSSR count). The van der Waals surface area contributed by atoms with Crippen molar-refractivity contribution in [2.24, 2.45) is 10.9 Å². The van der Waals surface area contributed by atoms with Gasteiger partial charge in [0.2, 0.25) is 0 Å². The highest BCUT2D eigenvalue weighted by molar-refractivity contribution is 14.0. The van der Waals surface area contributed by atoms with E-state index in [1.54, 1.807) is 0 Å². The van der Waals surface area contributed by atoms with Crippen LogP contribution in [0.3, 0.4) is 0 Å². The minimum Gasteiger partial charge on any atom is -0.381 e. The average molecular weight is 499 g/mol. The number of pyridine rings is 1. The van der Waals surface area contributed by atoms with Gasteiger partial charge in [-0.05, 0) is 50.7 Å². The molecule has 0 atom stereocenters. The summed E-state index contributed by atoms with van der Waals surface area (Å²) in [5, 5.41) is 3.42. The van der Waals surface area contributed by atoms with Crippen LogP contribution in [0.25, 0.3) is 5.65 Å². The monoisotopic (exact) mass is 499 g/mol. The summed E-state index contributed by atoms with van der Waals surface area (Å²) in [6, 6.07) is 4.16. The van der Waals surface area contributed by atoms with Crippen LogP contribution < -0.4 is 5.32 Å². The van der Waals surface area contributed by atoms with E-state index in [1.807, 2.05) is 0 Å². The molecule has 0 saturated carbocycles. The molecule has 7 heteroatoms. The zero-order chi connectivity index (χ0) is 19.1. The van der Waals surface area contributed by atoms with Gasteiger partial charge in [-0.25, -0.2) is 4.98 Å². The first-order valence-electron chi connectivity index (χ1n) is 10.2. The van der Waals surface area contributed by atoms with Crippen molar-refractivity contribution in [3.63, 3.8) is 0 Å². The van der Waals surface area contributed by atoms with Crippen LogP contribution in [0.2, 0.25) is 0 Å². The first kappa shape index (κ1) is 22.9. The molecule has 156 valence electrons. The molecule has 1 saturated heterocycles. The lowest BCUT2D eigenvalue weighted by Gasteiger charge is -2.26. The van der Waals surface area contributed by atoms with E-state index in [2.05, 4.69) is 60.0 Å². The topological polar surface area (TPSA) is 54.2 Å². The molecule has 0 unspecified atom stereocenters. The Morgan fingerprint density at radius 1 is 1.39 bits per heavy atom. The van der Waals surface area contributed by atoms with Crippen LogP contribution >= 0.6 is 24.0 Å². The fourth-order valence-corrected chi connectivity index (χ4v) is 3.59. The molecule has 1 fully saturated rings. The van der Waals surface area contributed by atoms with Crippen molar-refractivity contribution < 1.29 is 4.74 Å². The van der Waals surface area contributed by atoms with Gasteiger partial charge in [0, 0.05) is 58.7 Å². The molecule has 2 aromatic heterocycles. The molecule has 0 aromatic carbocycles. The molecule has 1 N–H and O–H groups in total. The Balaban J connectivity index is 0.00000280. The number of halogens is 1. The van der Waals surface area contributed by atoms with E-state index in [1.165, 1.54) is 24.8 Å². The van der Waals surface area contributed by atoms with Crippen molar-refractivity contribution in [1.29, 1.82) is 0 Å². The number of rotatable bonds is 7. The fourth-order valence-electron chi connectivity index (χ4n) is 3.59. The molecule has 1 aliphatic heterocycles. The van der Waals surface area contributed by atoms with Crippen molar-refractivity contribution in [3.8, 4) is 0 Å². The van der Waals surface area contributed by atoms with E-state index < -0.39 is 0 Å². The number of imidazole rings is 1. The maximum atomic E-state index is 5.46. The van der Waals surface area contributed by atoms with E-state index in [-0.39, 0.29) is 24.0 Å². The number of hydrogen-bond donors (Lipinski definition) is 1. The largest absolute Gasteiger partial charge is 0.381 e. The van der Waals surface area contributed by atoms with Crippen molar-refractivity contribution in [3.05, 3.63) is 35.8 Å². The van der Waals surface area contributed by atoms with Crippen LogP contribution in [0, 0.1) is 12.8 Å². The van der Waals surface area contributed by atoms with E-state index in [0.29, 0.717) is 0 Å². The first-order valence-corrected chi connectivity index (χ1v) is 10.2. The predicted octanol–water partition coefficient (Wildman–Crippen LogP) is 3.52. The highest BCUT2D eigenvalue weighted by Crippen LogP contribution is 2.18. The third kappa shape index (κ3) is 6.34. The van der Waals surface area contributed by atoms with E-state index in [4.69, 9.17) is 14.7 Å². The van der Waals surface area contributed by atoms with Crippen LogP contribution in [0.4, 0.5) is 0 Å². The maximum Gasteiger partial charge on any atom is 0.193 e. The van der Waals surface area contributed by atoms with Crippen molar-refractivity contribution in [2.75, 3.05) is 39.9 Å². The summed E-state index contributed by atoms with van der Waals surface area (Å²) in [6.45, 7) is 8.71. The van der Waals surface area contributed by atoms with Gasteiger partial charge in [0.25, 0.3) is 0 Å². The lowest BCUT2D eigenvalue weighted by molar-refractivity contribution is 0.0625. The number of ether oxygens (including phenoxy) is 1. The van der Waals surface area contributed by atoms with Crippen molar-refractivity contribution >= 4 is 35.6 Å². The molecule has 1 aliphatic rings. The molecule has 0 amide bonds. The van der Waals surface area contributed by atoms with E-state index in [0.717, 1.165) is 62.5 Å². The van der Waals surface area contributed by atoms with Gasteiger partial charge in [0.05, 0.1) is 5.69 Å². The zero-order valence-corrected chi connectivity index (χ0v) is 19.7. The quantitative estimate of drug-likeness (QED) is 0.360. The minimum absolute atomic E-state index is 0. The van der Waals surface area contributed by atoms with Crippen LogP contribution in [-0.4, -0.2) is 60.1 Å². The Hall–Kier alpha value is -1.35. The van der Waals surface area contributed by atoms with Gasteiger partial charge in [-0.15, -0.1) is 24.0 Å². The average Bonchev–Trinajstić information content (AvgIpc) is 3.11. The summed E-state index contributed by atoms with van der Waals surface area (Å²) in [7, 11) is 2.13. The van der Waals surface area contributed by atoms with Crippen LogP contribution in [0.5, 0.6) is 0 Å². The van der Waals surface area contributed by atoms with Crippen molar-refractivity contribution in [1.82, 2.24) is 19.6 Å². The number of nitrogens with one attached hydrogen (secondary N) is 1. The number of aryl methyl sites for hydroxylation is 1. The van der Waals surface area contributed by atoms with Crippen molar-refractivity contribution in [2.45, 2.75) is 39.5 Å². The van der Waals surface area contributed by atoms with Gasteiger partial charge in [-0.2, -0.15) is 0 Å². The van der Waals surface area contributed by atoms with Gasteiger partial charge >= 0.3 is 0 Å². The van der Waals surface area contributed by atoms with E-state index in [9.17, 15) is 0 Å². The third-order valence-electron chi connectivity index (χ3n) is 5.27. The van der Waals surface area contributed by atoms with Crippen LogP contribution in [0.1, 0.15) is 37.4 Å². The smallest absolute Gasteiger partial charge is 0.193 e. The second-order valence-electron chi connectivity index (χ2n) is 7.41. The Bertz CT molecular complexity index is 754. The maximum absolute atomic E-state index is 5.46. The highest BCUT2D eigenvalue weighted by atomic mass is 127. The second kappa shape index (κ2) is 11.6. The van der Waals surface area contributed by atoms with E-state index >= 15 is 0 Å². The first-order chi connectivity index (χ1) is 13.2. The highest BCUT2D eigenvalue weighted by Gasteiger charge is 2.15. The van der Waals surface area contributed by atoms with Gasteiger partial charge < -0.3 is 19.4 Å². The standard InChI is InChI=1S/C21H33N5O.HI/c1-4-22-21(25(3)13-8-18-9-14-27-15-10-18)23-11-7-19-16-26-12-5-6-17(2)20(26)24-19;/h5-6,12,16,18H,4,7-11,13-15H2,1-3H3,(H,22,23);1H. The third-order valence-corrected chi connectivity index (χ3v) is 5.27. The summed E-state index contributed by atoms with van der Waals surface area (Å²) in [5.41, 5.74) is 3.33. The minimum atomic E-state index is 0. The number of hydrogen-bond acceptors (Lipinski definition) is 3.